The molecule has 118 valence electrons. The van der Waals surface area contributed by atoms with Gasteiger partial charge in [-0.2, -0.15) is 0 Å². The molecular weight excluding hydrogens is 304 g/mol. The standard InChI is InChI=1S/C14H18N4O3S/c1-9-8-22-13(16-9)10-3-2-4-17(6-10)12(20)7-18-11(19)5-15-14(18)21/h8,10H,2-7H2,1H3,(H,15,21). The van der Waals surface area contributed by atoms with Crippen molar-refractivity contribution in [3.05, 3.63) is 16.1 Å². The van der Waals surface area contributed by atoms with Crippen LogP contribution in [0.15, 0.2) is 5.38 Å². The highest BCUT2D eigenvalue weighted by atomic mass is 32.1. The van der Waals surface area contributed by atoms with Gasteiger partial charge in [0.25, 0.3) is 5.91 Å². The SMILES string of the molecule is Cc1csc(C2CCCN(C(=O)CN3C(=O)CNC3=O)C2)n1. The van der Waals surface area contributed by atoms with E-state index < -0.39 is 6.03 Å². The van der Waals surface area contributed by atoms with Gasteiger partial charge in [-0.15, -0.1) is 11.3 Å². The van der Waals surface area contributed by atoms with Crippen molar-refractivity contribution in [1.29, 1.82) is 0 Å². The topological polar surface area (TPSA) is 82.6 Å². The van der Waals surface area contributed by atoms with Gasteiger partial charge < -0.3 is 10.2 Å². The summed E-state index contributed by atoms with van der Waals surface area (Å²) in [6, 6.07) is -0.484. The molecule has 0 radical (unpaired) electrons. The number of hydrogen-bond acceptors (Lipinski definition) is 5. The van der Waals surface area contributed by atoms with E-state index in [1.165, 1.54) is 0 Å². The highest BCUT2D eigenvalue weighted by Gasteiger charge is 2.33. The Morgan fingerprint density at radius 3 is 2.95 bits per heavy atom. The molecule has 4 amide bonds. The number of hydrogen-bond donors (Lipinski definition) is 1. The molecule has 1 unspecified atom stereocenters. The van der Waals surface area contributed by atoms with Crippen LogP contribution in [-0.2, 0) is 9.59 Å². The minimum absolute atomic E-state index is 0.0207. The summed E-state index contributed by atoms with van der Waals surface area (Å²) in [4.78, 5) is 42.7. The number of amides is 4. The lowest BCUT2D eigenvalue weighted by atomic mass is 9.98. The smallest absolute Gasteiger partial charge is 0.325 e. The molecule has 8 heteroatoms. The molecule has 0 bridgehead atoms. The lowest BCUT2D eigenvalue weighted by molar-refractivity contribution is -0.137. The number of thiazole rings is 1. The number of urea groups is 1. The van der Waals surface area contributed by atoms with Gasteiger partial charge in [0.1, 0.15) is 6.54 Å². The van der Waals surface area contributed by atoms with Crippen molar-refractivity contribution in [1.82, 2.24) is 20.1 Å². The molecule has 2 aliphatic rings. The van der Waals surface area contributed by atoms with E-state index in [9.17, 15) is 14.4 Å². The Hall–Kier alpha value is -1.96. The van der Waals surface area contributed by atoms with Crippen LogP contribution < -0.4 is 5.32 Å². The third kappa shape index (κ3) is 2.96. The molecule has 3 rings (SSSR count). The minimum atomic E-state index is -0.484. The number of rotatable bonds is 3. The Kier molecular flexibility index (Phi) is 4.10. The van der Waals surface area contributed by atoms with Crippen molar-refractivity contribution < 1.29 is 14.4 Å². The van der Waals surface area contributed by atoms with Gasteiger partial charge in [0, 0.05) is 30.1 Å². The van der Waals surface area contributed by atoms with Gasteiger partial charge in [0.05, 0.1) is 11.6 Å². The number of nitrogens with zero attached hydrogens (tertiary/aromatic N) is 3. The van der Waals surface area contributed by atoms with E-state index in [0.717, 1.165) is 28.4 Å². The lowest BCUT2D eigenvalue weighted by Crippen LogP contribution is -2.46. The van der Waals surface area contributed by atoms with Crippen LogP contribution in [0.5, 0.6) is 0 Å². The normalized spacial score (nSPS) is 22.1. The predicted octanol–water partition coefficient (Wildman–Crippen LogP) is 0.709. The summed E-state index contributed by atoms with van der Waals surface area (Å²) < 4.78 is 0. The van der Waals surface area contributed by atoms with Crippen LogP contribution in [0.25, 0.3) is 0 Å². The molecule has 1 aromatic heterocycles. The van der Waals surface area contributed by atoms with Gasteiger partial charge in [-0.1, -0.05) is 0 Å². The molecule has 0 spiro atoms. The maximum Gasteiger partial charge on any atom is 0.325 e. The number of likely N-dealkylation sites (tertiary alicyclic amines) is 1. The second kappa shape index (κ2) is 6.04. The fourth-order valence-corrected chi connectivity index (χ4v) is 3.74. The number of carbonyl (C=O) groups is 3. The summed E-state index contributed by atoms with van der Waals surface area (Å²) >= 11 is 1.63. The van der Waals surface area contributed by atoms with Gasteiger partial charge in [0.15, 0.2) is 0 Å². The molecule has 1 aromatic rings. The summed E-state index contributed by atoms with van der Waals surface area (Å²) in [7, 11) is 0. The van der Waals surface area contributed by atoms with Crippen LogP contribution in [0.2, 0.25) is 0 Å². The summed E-state index contributed by atoms with van der Waals surface area (Å²) in [6.07, 6.45) is 1.93. The first-order valence-corrected chi connectivity index (χ1v) is 8.20. The van der Waals surface area contributed by atoms with Crippen LogP contribution in [-0.4, -0.2) is 58.8 Å². The van der Waals surface area contributed by atoms with E-state index in [1.54, 1.807) is 16.2 Å². The van der Waals surface area contributed by atoms with E-state index in [4.69, 9.17) is 0 Å². The van der Waals surface area contributed by atoms with Crippen LogP contribution >= 0.6 is 11.3 Å². The third-order valence-electron chi connectivity index (χ3n) is 3.99. The van der Waals surface area contributed by atoms with E-state index in [1.807, 2.05) is 12.3 Å². The highest BCUT2D eigenvalue weighted by molar-refractivity contribution is 7.09. The zero-order chi connectivity index (χ0) is 15.7. The minimum Gasteiger partial charge on any atom is -0.340 e. The maximum absolute atomic E-state index is 12.4. The fourth-order valence-electron chi connectivity index (χ4n) is 2.82. The third-order valence-corrected chi connectivity index (χ3v) is 5.12. The Labute approximate surface area is 132 Å². The first kappa shape index (κ1) is 15.0. The van der Waals surface area contributed by atoms with E-state index >= 15 is 0 Å². The highest BCUT2D eigenvalue weighted by Crippen LogP contribution is 2.29. The van der Waals surface area contributed by atoms with Crippen molar-refractivity contribution in [3.8, 4) is 0 Å². The Bertz CT molecular complexity index is 599. The average molecular weight is 322 g/mol. The Balaban J connectivity index is 1.63. The Morgan fingerprint density at radius 2 is 2.32 bits per heavy atom. The number of imide groups is 1. The number of nitrogens with one attached hydrogen (secondary N) is 1. The van der Waals surface area contributed by atoms with Crippen molar-refractivity contribution in [2.24, 2.45) is 0 Å². The van der Waals surface area contributed by atoms with Crippen LogP contribution in [0.3, 0.4) is 0 Å². The summed E-state index contributed by atoms with van der Waals surface area (Å²) in [6.45, 7) is 3.05. The van der Waals surface area contributed by atoms with Crippen LogP contribution in [0.4, 0.5) is 4.79 Å². The average Bonchev–Trinajstić information content (AvgIpc) is 3.08. The zero-order valence-electron chi connectivity index (χ0n) is 12.4. The van der Waals surface area contributed by atoms with Crippen molar-refractivity contribution in [2.75, 3.05) is 26.2 Å². The number of aromatic nitrogens is 1. The summed E-state index contributed by atoms with van der Waals surface area (Å²) in [5.41, 5.74) is 1.00. The van der Waals surface area contributed by atoms with Gasteiger partial charge in [0.2, 0.25) is 5.91 Å². The lowest BCUT2D eigenvalue weighted by Gasteiger charge is -2.32. The van der Waals surface area contributed by atoms with Crippen molar-refractivity contribution in [2.45, 2.75) is 25.7 Å². The molecule has 7 nitrogen and oxygen atoms in total. The Morgan fingerprint density at radius 1 is 1.50 bits per heavy atom. The molecule has 2 aliphatic heterocycles. The van der Waals surface area contributed by atoms with Gasteiger partial charge in [-0.25, -0.2) is 9.78 Å². The molecule has 2 saturated heterocycles. The van der Waals surface area contributed by atoms with E-state index in [0.29, 0.717) is 13.1 Å². The monoisotopic (exact) mass is 322 g/mol. The fraction of sp³-hybridized carbons (Fsp3) is 0.571. The largest absolute Gasteiger partial charge is 0.340 e. The van der Waals surface area contributed by atoms with Crippen molar-refractivity contribution >= 4 is 29.2 Å². The number of carbonyl (C=O) groups excluding carboxylic acids is 3. The second-order valence-corrected chi connectivity index (χ2v) is 6.53. The first-order chi connectivity index (χ1) is 10.5. The van der Waals surface area contributed by atoms with Crippen LogP contribution in [0.1, 0.15) is 29.5 Å². The van der Waals surface area contributed by atoms with Gasteiger partial charge >= 0.3 is 6.03 Å². The van der Waals surface area contributed by atoms with Crippen LogP contribution in [0, 0.1) is 6.92 Å². The van der Waals surface area contributed by atoms with Gasteiger partial charge in [-0.3, -0.25) is 14.5 Å². The summed E-state index contributed by atoms with van der Waals surface area (Å²) in [5.74, 6) is -0.273. The zero-order valence-corrected chi connectivity index (χ0v) is 13.2. The van der Waals surface area contributed by atoms with E-state index in [-0.39, 0.29) is 30.8 Å². The number of piperidine rings is 1. The molecule has 0 aliphatic carbocycles. The summed E-state index contributed by atoms with van der Waals surface area (Å²) in [5, 5.41) is 5.50. The predicted molar refractivity (Wildman–Crippen MR) is 80.5 cm³/mol. The first-order valence-electron chi connectivity index (χ1n) is 7.32. The second-order valence-electron chi connectivity index (χ2n) is 5.64. The number of aryl methyl sites for hydroxylation is 1. The molecule has 22 heavy (non-hydrogen) atoms. The van der Waals surface area contributed by atoms with Gasteiger partial charge in [-0.05, 0) is 19.8 Å². The molecule has 1 N–H and O–H groups in total. The molecule has 0 saturated carbocycles. The molecular formula is C14H18N4O3S. The molecule has 1 atom stereocenters. The molecule has 2 fully saturated rings. The maximum atomic E-state index is 12.4. The quantitative estimate of drug-likeness (QED) is 0.831. The molecule has 0 aromatic carbocycles. The van der Waals surface area contributed by atoms with Crippen molar-refractivity contribution in [3.63, 3.8) is 0 Å². The molecule has 3 heterocycles. The van der Waals surface area contributed by atoms with E-state index in [2.05, 4.69) is 10.3 Å².